The molecule has 0 bridgehead atoms. The van der Waals surface area contributed by atoms with Crippen LogP contribution in [0.5, 0.6) is 5.88 Å². The molecule has 1 aromatic heterocycles. The molecule has 1 aromatic rings. The zero-order chi connectivity index (χ0) is 14.4. The van der Waals surface area contributed by atoms with Crippen molar-refractivity contribution in [3.63, 3.8) is 0 Å². The van der Waals surface area contributed by atoms with Crippen LogP contribution < -0.4 is 21.1 Å². The number of likely N-dealkylation sites (N-methyl/N-ethyl adjacent to an activating group) is 1. The number of rotatable bonds is 7. The number of hydrogen-bond acceptors (Lipinski definition) is 5. The maximum atomic E-state index is 11.0. The van der Waals surface area contributed by atoms with Crippen molar-refractivity contribution >= 4 is 17.4 Å². The molecule has 0 aliphatic carbocycles. The minimum Gasteiger partial charge on any atom is -0.476 e. The highest BCUT2D eigenvalue weighted by molar-refractivity contribution is 5.79. The van der Waals surface area contributed by atoms with Gasteiger partial charge in [-0.05, 0) is 25.0 Å². The summed E-state index contributed by atoms with van der Waals surface area (Å²) in [6, 6.07) is 3.48. The molecule has 6 nitrogen and oxygen atoms in total. The van der Waals surface area contributed by atoms with Crippen molar-refractivity contribution in [1.29, 1.82) is 0 Å². The van der Waals surface area contributed by atoms with Crippen molar-refractivity contribution in [2.24, 2.45) is 11.7 Å². The fourth-order valence-corrected chi connectivity index (χ4v) is 1.52. The summed E-state index contributed by atoms with van der Waals surface area (Å²) in [7, 11) is 0. The maximum absolute atomic E-state index is 11.0. The molecule has 1 heterocycles. The molecule has 0 saturated carbocycles. The van der Waals surface area contributed by atoms with Crippen LogP contribution in [0.3, 0.4) is 0 Å². The summed E-state index contributed by atoms with van der Waals surface area (Å²) in [4.78, 5) is 17.1. The maximum Gasteiger partial charge on any atom is 0.239 e. The summed E-state index contributed by atoms with van der Waals surface area (Å²) in [5, 5.41) is 0. The van der Waals surface area contributed by atoms with Crippen LogP contribution in [0.1, 0.15) is 20.8 Å². The summed E-state index contributed by atoms with van der Waals surface area (Å²) in [5.74, 6) is 1.02. The Kier molecular flexibility index (Phi) is 5.41. The van der Waals surface area contributed by atoms with Crippen molar-refractivity contribution < 1.29 is 9.53 Å². The molecule has 0 radical (unpaired) electrons. The van der Waals surface area contributed by atoms with Crippen LogP contribution in [0, 0.1) is 5.92 Å². The molecule has 0 fully saturated rings. The molecule has 19 heavy (non-hydrogen) atoms. The number of nitrogens with zero attached hydrogens (tertiary/aromatic N) is 2. The van der Waals surface area contributed by atoms with Crippen LogP contribution in [0.4, 0.5) is 11.5 Å². The number of nitrogen functional groups attached to an aromatic ring is 1. The van der Waals surface area contributed by atoms with Gasteiger partial charge in [0, 0.05) is 6.54 Å². The van der Waals surface area contributed by atoms with Crippen LogP contribution in [-0.4, -0.2) is 30.6 Å². The zero-order valence-corrected chi connectivity index (χ0v) is 11.7. The quantitative estimate of drug-likeness (QED) is 0.768. The van der Waals surface area contributed by atoms with Gasteiger partial charge in [-0.1, -0.05) is 13.8 Å². The highest BCUT2D eigenvalue weighted by Crippen LogP contribution is 2.23. The van der Waals surface area contributed by atoms with E-state index in [0.717, 1.165) is 0 Å². The highest BCUT2D eigenvalue weighted by atomic mass is 16.5. The topological polar surface area (TPSA) is 94.5 Å². The average molecular weight is 266 g/mol. The molecular formula is C13H22N4O2. The Hall–Kier alpha value is -1.98. The standard InChI is InChI=1S/C13H22N4O2/c1-4-17(7-11(15)18)12-6-5-10(14)13(16-12)19-8-9(2)3/h5-6,9H,4,7-8,14H2,1-3H3,(H2,15,18). The number of amides is 1. The van der Waals surface area contributed by atoms with Crippen LogP contribution in [0.25, 0.3) is 0 Å². The molecule has 0 spiro atoms. The second-order valence-corrected chi connectivity index (χ2v) is 4.75. The number of hydrogen-bond donors (Lipinski definition) is 2. The highest BCUT2D eigenvalue weighted by Gasteiger charge is 2.12. The van der Waals surface area contributed by atoms with Gasteiger partial charge in [0.2, 0.25) is 11.8 Å². The van der Waals surface area contributed by atoms with E-state index in [1.807, 2.05) is 20.8 Å². The van der Waals surface area contributed by atoms with Crippen molar-refractivity contribution in [2.45, 2.75) is 20.8 Å². The van der Waals surface area contributed by atoms with Crippen molar-refractivity contribution in [3.05, 3.63) is 12.1 Å². The number of nitrogens with two attached hydrogens (primary N) is 2. The Balaban J connectivity index is 2.89. The smallest absolute Gasteiger partial charge is 0.239 e. The largest absolute Gasteiger partial charge is 0.476 e. The molecule has 0 aromatic carbocycles. The first-order valence-electron chi connectivity index (χ1n) is 6.36. The van der Waals surface area contributed by atoms with E-state index in [4.69, 9.17) is 16.2 Å². The molecule has 0 unspecified atom stereocenters. The Morgan fingerprint density at radius 2 is 2.16 bits per heavy atom. The first-order valence-corrected chi connectivity index (χ1v) is 6.36. The van der Waals surface area contributed by atoms with E-state index in [9.17, 15) is 4.79 Å². The molecule has 0 aliphatic heterocycles. The van der Waals surface area contributed by atoms with Gasteiger partial charge in [-0.3, -0.25) is 4.79 Å². The first-order chi connectivity index (χ1) is 8.93. The molecule has 1 rings (SSSR count). The number of primary amides is 1. The number of aromatic nitrogens is 1. The van der Waals surface area contributed by atoms with E-state index in [-0.39, 0.29) is 6.54 Å². The third-order valence-corrected chi connectivity index (χ3v) is 2.48. The third kappa shape index (κ3) is 4.65. The summed E-state index contributed by atoms with van der Waals surface area (Å²) in [5.41, 5.74) is 11.5. The second-order valence-electron chi connectivity index (χ2n) is 4.75. The fourth-order valence-electron chi connectivity index (χ4n) is 1.52. The first kappa shape index (κ1) is 15.1. The normalized spacial score (nSPS) is 10.5. The molecule has 6 heteroatoms. The molecule has 4 N–H and O–H groups in total. The lowest BCUT2D eigenvalue weighted by Crippen LogP contribution is -2.34. The summed E-state index contributed by atoms with van der Waals surface area (Å²) in [6.45, 7) is 7.32. The van der Waals surface area contributed by atoms with Crippen LogP contribution in [0.15, 0.2) is 12.1 Å². The number of anilines is 2. The molecule has 0 saturated heterocycles. The SMILES string of the molecule is CCN(CC(N)=O)c1ccc(N)c(OCC(C)C)n1. The molecule has 106 valence electrons. The molecule has 0 atom stereocenters. The van der Waals surface area contributed by atoms with E-state index < -0.39 is 5.91 Å². The van der Waals surface area contributed by atoms with Crippen molar-refractivity contribution in [1.82, 2.24) is 4.98 Å². The minimum absolute atomic E-state index is 0.122. The van der Waals surface area contributed by atoms with E-state index in [0.29, 0.717) is 36.5 Å². The van der Waals surface area contributed by atoms with Gasteiger partial charge in [-0.2, -0.15) is 4.98 Å². The Morgan fingerprint density at radius 3 is 2.68 bits per heavy atom. The van der Waals surface area contributed by atoms with Crippen LogP contribution in [-0.2, 0) is 4.79 Å². The zero-order valence-electron chi connectivity index (χ0n) is 11.7. The Morgan fingerprint density at radius 1 is 1.47 bits per heavy atom. The number of ether oxygens (including phenoxy) is 1. The van der Waals surface area contributed by atoms with E-state index in [1.54, 1.807) is 17.0 Å². The van der Waals surface area contributed by atoms with Gasteiger partial charge >= 0.3 is 0 Å². The van der Waals surface area contributed by atoms with Gasteiger partial charge in [-0.15, -0.1) is 0 Å². The van der Waals surface area contributed by atoms with Gasteiger partial charge in [0.25, 0.3) is 0 Å². The minimum atomic E-state index is -0.398. The monoisotopic (exact) mass is 266 g/mol. The predicted octanol–water partition coefficient (Wildman–Crippen LogP) is 1.01. The van der Waals surface area contributed by atoms with Crippen molar-refractivity contribution in [3.8, 4) is 5.88 Å². The molecule has 1 amide bonds. The molecule has 0 aliphatic rings. The van der Waals surface area contributed by atoms with Gasteiger partial charge in [0.05, 0.1) is 18.8 Å². The molecular weight excluding hydrogens is 244 g/mol. The summed E-state index contributed by atoms with van der Waals surface area (Å²) in [6.07, 6.45) is 0. The fraction of sp³-hybridized carbons (Fsp3) is 0.538. The third-order valence-electron chi connectivity index (χ3n) is 2.48. The number of carbonyl (C=O) groups excluding carboxylic acids is 1. The van der Waals surface area contributed by atoms with Gasteiger partial charge in [0.15, 0.2) is 0 Å². The number of pyridine rings is 1. The number of carbonyl (C=O) groups is 1. The van der Waals surface area contributed by atoms with Gasteiger partial charge < -0.3 is 21.1 Å². The lowest BCUT2D eigenvalue weighted by Gasteiger charge is -2.21. The van der Waals surface area contributed by atoms with E-state index in [2.05, 4.69) is 4.98 Å². The van der Waals surface area contributed by atoms with Crippen LogP contribution >= 0.6 is 0 Å². The van der Waals surface area contributed by atoms with Crippen LogP contribution in [0.2, 0.25) is 0 Å². The van der Waals surface area contributed by atoms with E-state index >= 15 is 0 Å². The average Bonchev–Trinajstić information content (AvgIpc) is 2.34. The second kappa shape index (κ2) is 6.82. The Bertz CT molecular complexity index is 435. The lowest BCUT2D eigenvalue weighted by atomic mass is 10.2. The van der Waals surface area contributed by atoms with Gasteiger partial charge in [-0.25, -0.2) is 0 Å². The van der Waals surface area contributed by atoms with Crippen molar-refractivity contribution in [2.75, 3.05) is 30.3 Å². The summed E-state index contributed by atoms with van der Waals surface area (Å²) >= 11 is 0. The van der Waals surface area contributed by atoms with Gasteiger partial charge in [0.1, 0.15) is 5.82 Å². The lowest BCUT2D eigenvalue weighted by molar-refractivity contribution is -0.116. The van der Waals surface area contributed by atoms with E-state index in [1.165, 1.54) is 0 Å². The predicted molar refractivity (Wildman–Crippen MR) is 76.1 cm³/mol. The summed E-state index contributed by atoms with van der Waals surface area (Å²) < 4.78 is 5.56. The Labute approximate surface area is 113 Å².